The highest BCUT2D eigenvalue weighted by atomic mass is 16.5. The molecule has 5 heteroatoms. The Morgan fingerprint density at radius 3 is 2.23 bits per heavy atom. The molecule has 2 N–H and O–H groups in total. The lowest BCUT2D eigenvalue weighted by Crippen LogP contribution is -2.48. The van der Waals surface area contributed by atoms with Crippen molar-refractivity contribution in [2.75, 3.05) is 6.61 Å². The third kappa shape index (κ3) is 3.36. The number of carbonyl (C=O) groups is 2. The van der Waals surface area contributed by atoms with Crippen LogP contribution in [0.15, 0.2) is 42.5 Å². The van der Waals surface area contributed by atoms with Crippen LogP contribution < -0.4 is 4.74 Å². The summed E-state index contributed by atoms with van der Waals surface area (Å²) in [4.78, 5) is 24.2. The van der Waals surface area contributed by atoms with Gasteiger partial charge in [0, 0.05) is 5.56 Å². The average Bonchev–Trinajstić information content (AvgIpc) is 2.70. The van der Waals surface area contributed by atoms with Crippen LogP contribution >= 0.6 is 0 Å². The summed E-state index contributed by atoms with van der Waals surface area (Å²) in [7, 11) is 0. The number of phenolic OH excluding ortho intramolecular Hbond substituents is 1. The Morgan fingerprint density at radius 2 is 1.63 bits per heavy atom. The molecule has 4 bridgehead atoms. The summed E-state index contributed by atoms with van der Waals surface area (Å²) in [5.74, 6) is 1.25. The molecule has 0 atom stereocenters. The predicted octanol–water partition coefficient (Wildman–Crippen LogP) is 4.82. The first-order valence-electron chi connectivity index (χ1n) is 10.7. The molecule has 0 spiro atoms. The number of aromatic carboxylic acids is 1. The molecular weight excluding hydrogens is 380 g/mol. The van der Waals surface area contributed by atoms with Gasteiger partial charge < -0.3 is 14.9 Å². The van der Waals surface area contributed by atoms with Crippen molar-refractivity contribution < 1.29 is 24.5 Å². The van der Waals surface area contributed by atoms with Gasteiger partial charge >= 0.3 is 5.97 Å². The zero-order chi connectivity index (χ0) is 20.9. The predicted molar refractivity (Wildman–Crippen MR) is 111 cm³/mol. The number of carboxylic acids is 1. The van der Waals surface area contributed by atoms with E-state index in [0.717, 1.165) is 23.3 Å². The normalized spacial score (nSPS) is 29.0. The molecule has 0 aromatic heterocycles. The SMILES string of the molecule is O=C(COc1cc(C23CC4CC(CC(C4)C2)C3)ccc1C(=O)O)c1cccc(O)c1. The fraction of sp³-hybridized carbons (Fsp3) is 0.440. The molecule has 0 saturated heterocycles. The maximum absolute atomic E-state index is 12.5. The number of ketones is 1. The largest absolute Gasteiger partial charge is 0.508 e. The van der Waals surface area contributed by atoms with Crippen molar-refractivity contribution in [2.24, 2.45) is 17.8 Å². The van der Waals surface area contributed by atoms with Crippen LogP contribution in [-0.2, 0) is 5.41 Å². The summed E-state index contributed by atoms with van der Waals surface area (Å²) in [6, 6.07) is 11.5. The van der Waals surface area contributed by atoms with Crippen molar-refractivity contribution in [2.45, 2.75) is 43.9 Å². The lowest BCUT2D eigenvalue weighted by atomic mass is 9.48. The molecule has 156 valence electrons. The van der Waals surface area contributed by atoms with Gasteiger partial charge in [-0.15, -0.1) is 0 Å². The Kier molecular flexibility index (Phi) is 4.57. The number of rotatable bonds is 6. The molecule has 6 rings (SSSR count). The molecular formula is C25H26O5. The monoisotopic (exact) mass is 406 g/mol. The van der Waals surface area contributed by atoms with Gasteiger partial charge in [0.2, 0.25) is 0 Å². The first kappa shape index (κ1) is 19.2. The van der Waals surface area contributed by atoms with E-state index in [4.69, 9.17) is 4.74 Å². The number of ether oxygens (including phenoxy) is 1. The van der Waals surface area contributed by atoms with Gasteiger partial charge in [-0.3, -0.25) is 4.79 Å². The second kappa shape index (κ2) is 7.15. The maximum atomic E-state index is 12.5. The zero-order valence-electron chi connectivity index (χ0n) is 16.8. The van der Waals surface area contributed by atoms with Crippen molar-refractivity contribution in [3.05, 3.63) is 59.2 Å². The van der Waals surface area contributed by atoms with E-state index >= 15 is 0 Å². The van der Waals surface area contributed by atoms with E-state index in [0.29, 0.717) is 5.56 Å². The Labute approximate surface area is 175 Å². The second-order valence-electron chi connectivity index (χ2n) is 9.48. The first-order chi connectivity index (χ1) is 14.4. The van der Waals surface area contributed by atoms with E-state index in [-0.39, 0.29) is 34.9 Å². The summed E-state index contributed by atoms with van der Waals surface area (Å²) >= 11 is 0. The highest BCUT2D eigenvalue weighted by molar-refractivity contribution is 5.98. The van der Waals surface area contributed by atoms with Gasteiger partial charge in [-0.25, -0.2) is 4.79 Å². The first-order valence-corrected chi connectivity index (χ1v) is 10.7. The number of phenols is 1. The number of hydrogen-bond donors (Lipinski definition) is 2. The summed E-state index contributed by atoms with van der Waals surface area (Å²) in [6.07, 6.45) is 7.55. The van der Waals surface area contributed by atoms with Gasteiger partial charge in [0.1, 0.15) is 17.1 Å². The van der Waals surface area contributed by atoms with E-state index in [2.05, 4.69) is 0 Å². The third-order valence-electron chi connectivity index (χ3n) is 7.39. The van der Waals surface area contributed by atoms with Gasteiger partial charge in [0.05, 0.1) is 0 Å². The number of Topliss-reactive ketones (excluding diaryl/α,β-unsaturated/α-hetero) is 1. The average molecular weight is 406 g/mol. The van der Waals surface area contributed by atoms with Crippen molar-refractivity contribution >= 4 is 11.8 Å². The summed E-state index contributed by atoms with van der Waals surface area (Å²) in [5.41, 5.74) is 1.70. The molecule has 2 aromatic rings. The van der Waals surface area contributed by atoms with Gasteiger partial charge in [0.15, 0.2) is 12.4 Å². The Hall–Kier alpha value is -2.82. The summed E-state index contributed by atoms with van der Waals surface area (Å²) in [6.45, 7) is -0.270. The smallest absolute Gasteiger partial charge is 0.339 e. The van der Waals surface area contributed by atoms with Crippen molar-refractivity contribution in [1.29, 1.82) is 0 Å². The molecule has 5 nitrogen and oxygen atoms in total. The topological polar surface area (TPSA) is 83.8 Å². The van der Waals surface area contributed by atoms with Crippen LogP contribution in [0, 0.1) is 17.8 Å². The maximum Gasteiger partial charge on any atom is 0.339 e. The Bertz CT molecular complexity index is 973. The van der Waals surface area contributed by atoms with Crippen molar-refractivity contribution in [1.82, 2.24) is 0 Å². The lowest BCUT2D eigenvalue weighted by Gasteiger charge is -2.57. The Morgan fingerprint density at radius 1 is 0.967 bits per heavy atom. The van der Waals surface area contributed by atoms with Crippen LogP contribution in [-0.4, -0.2) is 28.6 Å². The summed E-state index contributed by atoms with van der Waals surface area (Å²) < 4.78 is 5.75. The molecule has 30 heavy (non-hydrogen) atoms. The molecule has 4 aliphatic rings. The third-order valence-corrected chi connectivity index (χ3v) is 7.39. The number of benzene rings is 2. The minimum atomic E-state index is -1.06. The van der Waals surface area contributed by atoms with Crippen LogP contribution in [0.1, 0.15) is 64.8 Å². The highest BCUT2D eigenvalue weighted by Gasteiger charge is 2.51. The fourth-order valence-electron chi connectivity index (χ4n) is 6.52. The molecule has 0 amide bonds. The Balaban J connectivity index is 1.41. The van der Waals surface area contributed by atoms with Crippen molar-refractivity contribution in [3.8, 4) is 11.5 Å². The van der Waals surface area contributed by atoms with Crippen LogP contribution in [0.2, 0.25) is 0 Å². The molecule has 4 fully saturated rings. The molecule has 4 aliphatic carbocycles. The van der Waals surface area contributed by atoms with Gasteiger partial charge in [0.25, 0.3) is 0 Å². The minimum absolute atomic E-state index is 0.0101. The van der Waals surface area contributed by atoms with Crippen LogP contribution in [0.25, 0.3) is 0 Å². The van der Waals surface area contributed by atoms with Crippen LogP contribution in [0.5, 0.6) is 11.5 Å². The van der Waals surface area contributed by atoms with E-state index in [1.54, 1.807) is 18.2 Å². The number of aromatic hydroxyl groups is 1. The van der Waals surface area contributed by atoms with E-state index < -0.39 is 5.97 Å². The van der Waals surface area contributed by atoms with E-state index in [1.807, 2.05) is 12.1 Å². The van der Waals surface area contributed by atoms with Crippen LogP contribution in [0.4, 0.5) is 0 Å². The molecule has 0 aliphatic heterocycles. The molecule has 4 saturated carbocycles. The highest BCUT2D eigenvalue weighted by Crippen LogP contribution is 2.61. The molecule has 0 radical (unpaired) electrons. The second-order valence-corrected chi connectivity index (χ2v) is 9.48. The van der Waals surface area contributed by atoms with E-state index in [9.17, 15) is 19.8 Å². The summed E-state index contributed by atoms with van der Waals surface area (Å²) in [5, 5.41) is 19.2. The van der Waals surface area contributed by atoms with Gasteiger partial charge in [-0.1, -0.05) is 18.2 Å². The number of carbonyl (C=O) groups excluding carboxylic acids is 1. The number of carboxylic acid groups (broad SMARTS) is 1. The van der Waals surface area contributed by atoms with Gasteiger partial charge in [-0.05, 0) is 91.5 Å². The molecule has 2 aromatic carbocycles. The fourth-order valence-corrected chi connectivity index (χ4v) is 6.52. The van der Waals surface area contributed by atoms with Crippen LogP contribution in [0.3, 0.4) is 0 Å². The molecule has 0 heterocycles. The molecule has 0 unspecified atom stereocenters. The van der Waals surface area contributed by atoms with Gasteiger partial charge in [-0.2, -0.15) is 0 Å². The quantitative estimate of drug-likeness (QED) is 0.672. The van der Waals surface area contributed by atoms with E-state index in [1.165, 1.54) is 50.7 Å². The number of hydrogen-bond acceptors (Lipinski definition) is 4. The van der Waals surface area contributed by atoms with Crippen molar-refractivity contribution in [3.63, 3.8) is 0 Å². The zero-order valence-corrected chi connectivity index (χ0v) is 16.8. The lowest BCUT2D eigenvalue weighted by molar-refractivity contribution is -0.00530. The minimum Gasteiger partial charge on any atom is -0.508 e. The standard InChI is InChI=1S/C25H26O5/c26-20-3-1-2-18(9-20)22(27)14-30-23-10-19(4-5-21(23)24(28)29)25-11-15-6-16(12-25)8-17(7-15)13-25/h1-5,9-10,15-17,26H,6-8,11-14H2,(H,28,29).